The lowest BCUT2D eigenvalue weighted by atomic mass is 10.1. The maximum absolute atomic E-state index is 12.3. The molecule has 144 valence electrons. The fraction of sp³-hybridized carbons (Fsp3) is 0.0870. The van der Waals surface area contributed by atoms with E-state index in [4.69, 9.17) is 10.8 Å². The van der Waals surface area contributed by atoms with Gasteiger partial charge >= 0.3 is 0 Å². The average Bonchev–Trinajstić information content (AvgIpc) is 3.12. The molecular weight excluding hydrogens is 362 g/mol. The summed E-state index contributed by atoms with van der Waals surface area (Å²) in [6, 6.07) is 21.1. The maximum Gasteiger partial charge on any atom is 0.273 e. The van der Waals surface area contributed by atoms with Crippen LogP contribution in [0.4, 0.5) is 5.82 Å². The molecule has 2 N–H and O–H groups in total. The summed E-state index contributed by atoms with van der Waals surface area (Å²) < 4.78 is 3.02. The van der Waals surface area contributed by atoms with Gasteiger partial charge in [0.05, 0.1) is 11.9 Å². The van der Waals surface area contributed by atoms with Crippen molar-refractivity contribution in [1.82, 2.24) is 14.5 Å². The first-order valence-corrected chi connectivity index (χ1v) is 9.27. The zero-order chi connectivity index (χ0) is 20.4. The average molecular weight is 383 g/mol. The number of nitrogens with two attached hydrogens (primary N) is 1. The lowest BCUT2D eigenvalue weighted by molar-refractivity contribution is 0.843. The van der Waals surface area contributed by atoms with Crippen molar-refractivity contribution in [2.75, 3.05) is 5.73 Å². The summed E-state index contributed by atoms with van der Waals surface area (Å²) in [5, 5.41) is 9.12. The highest BCUT2D eigenvalue weighted by molar-refractivity contribution is 5.88. The van der Waals surface area contributed by atoms with E-state index in [2.05, 4.69) is 5.10 Å². The lowest BCUT2D eigenvalue weighted by Crippen LogP contribution is -2.19. The molecule has 0 amide bonds. The second-order valence-corrected chi connectivity index (χ2v) is 6.88. The highest BCUT2D eigenvalue weighted by Crippen LogP contribution is 2.23. The van der Waals surface area contributed by atoms with Gasteiger partial charge in [-0.25, -0.2) is 4.68 Å². The van der Waals surface area contributed by atoms with Crippen LogP contribution < -0.4 is 11.3 Å². The molecule has 0 spiro atoms. The molecule has 29 heavy (non-hydrogen) atoms. The van der Waals surface area contributed by atoms with E-state index in [-0.39, 0.29) is 5.56 Å². The molecular formula is C23H21N5O. The highest BCUT2D eigenvalue weighted by atomic mass is 16.1. The Bertz CT molecular complexity index is 1250. The van der Waals surface area contributed by atoms with Crippen LogP contribution in [0.1, 0.15) is 16.7 Å². The number of aromatic nitrogens is 3. The van der Waals surface area contributed by atoms with Crippen LogP contribution in [-0.4, -0.2) is 20.7 Å². The van der Waals surface area contributed by atoms with Crippen molar-refractivity contribution >= 4 is 12.0 Å². The summed E-state index contributed by atoms with van der Waals surface area (Å²) in [5.74, 6) is 0.291. The van der Waals surface area contributed by atoms with E-state index in [1.54, 1.807) is 12.3 Å². The summed E-state index contributed by atoms with van der Waals surface area (Å²) in [4.78, 5) is 12.3. The molecule has 0 saturated carbocycles. The van der Waals surface area contributed by atoms with Crippen molar-refractivity contribution in [2.24, 2.45) is 5.10 Å². The van der Waals surface area contributed by atoms with E-state index in [0.29, 0.717) is 5.82 Å². The number of aryl methyl sites for hydroxylation is 2. The molecule has 6 nitrogen and oxygen atoms in total. The van der Waals surface area contributed by atoms with E-state index >= 15 is 0 Å². The monoisotopic (exact) mass is 383 g/mol. The van der Waals surface area contributed by atoms with Crippen LogP contribution in [0.15, 0.2) is 82.8 Å². The van der Waals surface area contributed by atoms with Gasteiger partial charge in [0.2, 0.25) is 0 Å². The first-order valence-electron chi connectivity index (χ1n) is 9.27. The minimum absolute atomic E-state index is 0.272. The molecule has 0 atom stereocenters. The number of hydrogen-bond donors (Lipinski definition) is 1. The van der Waals surface area contributed by atoms with Crippen LogP contribution >= 0.6 is 0 Å². The molecule has 0 aliphatic heterocycles. The van der Waals surface area contributed by atoms with Gasteiger partial charge in [0.15, 0.2) is 0 Å². The lowest BCUT2D eigenvalue weighted by Gasteiger charge is -2.04. The third kappa shape index (κ3) is 3.73. The molecule has 2 aromatic carbocycles. The van der Waals surface area contributed by atoms with Crippen molar-refractivity contribution < 1.29 is 0 Å². The number of para-hydroxylation sites is 1. The van der Waals surface area contributed by atoms with Crippen LogP contribution in [0.2, 0.25) is 0 Å². The summed E-state index contributed by atoms with van der Waals surface area (Å²) in [6.07, 6.45) is 3.53. The standard InChI is InChI=1S/C23H21N5O/c1-16-12-21(24)28(22(29)13-16)25-14-19-15-27(20-11-7-6-8-17(20)2)26-23(19)18-9-4-3-5-10-18/h3-15H,24H2,1-2H3. The van der Waals surface area contributed by atoms with Gasteiger partial charge in [0.25, 0.3) is 5.56 Å². The highest BCUT2D eigenvalue weighted by Gasteiger charge is 2.12. The Morgan fingerprint density at radius 3 is 2.45 bits per heavy atom. The van der Waals surface area contributed by atoms with Crippen molar-refractivity contribution in [3.63, 3.8) is 0 Å². The topological polar surface area (TPSA) is 78.2 Å². The smallest absolute Gasteiger partial charge is 0.273 e. The van der Waals surface area contributed by atoms with Gasteiger partial charge in [-0.1, -0.05) is 48.5 Å². The van der Waals surface area contributed by atoms with Crippen LogP contribution in [0.25, 0.3) is 16.9 Å². The Kier molecular flexibility index (Phi) is 4.83. The number of rotatable bonds is 4. The predicted molar refractivity (Wildman–Crippen MR) is 117 cm³/mol. The molecule has 0 aliphatic rings. The van der Waals surface area contributed by atoms with E-state index in [1.165, 1.54) is 10.7 Å². The quantitative estimate of drug-likeness (QED) is 0.545. The van der Waals surface area contributed by atoms with E-state index < -0.39 is 0 Å². The number of nitrogen functional groups attached to an aromatic ring is 1. The fourth-order valence-electron chi connectivity index (χ4n) is 3.21. The largest absolute Gasteiger partial charge is 0.384 e. The van der Waals surface area contributed by atoms with Crippen LogP contribution in [0.3, 0.4) is 0 Å². The van der Waals surface area contributed by atoms with Gasteiger partial charge in [-0.2, -0.15) is 14.9 Å². The Labute approximate surface area is 168 Å². The molecule has 0 fully saturated rings. The maximum atomic E-state index is 12.3. The van der Waals surface area contributed by atoms with Crippen molar-refractivity contribution in [3.8, 4) is 16.9 Å². The van der Waals surface area contributed by atoms with Crippen molar-refractivity contribution in [1.29, 1.82) is 0 Å². The molecule has 2 heterocycles. The zero-order valence-electron chi connectivity index (χ0n) is 16.3. The van der Waals surface area contributed by atoms with Gasteiger partial charge in [-0.05, 0) is 37.1 Å². The number of benzene rings is 2. The van der Waals surface area contributed by atoms with Gasteiger partial charge in [-0.15, -0.1) is 0 Å². The first kappa shape index (κ1) is 18.4. The molecule has 0 unspecified atom stereocenters. The Hall–Kier alpha value is -3.93. The second kappa shape index (κ2) is 7.59. The van der Waals surface area contributed by atoms with Crippen LogP contribution in [-0.2, 0) is 0 Å². The third-order valence-corrected chi connectivity index (χ3v) is 4.64. The van der Waals surface area contributed by atoms with Gasteiger partial charge in [-0.3, -0.25) is 4.79 Å². The van der Waals surface area contributed by atoms with Gasteiger partial charge in [0, 0.05) is 23.4 Å². The normalized spacial score (nSPS) is 11.2. The molecule has 4 aromatic rings. The van der Waals surface area contributed by atoms with Crippen molar-refractivity contribution in [3.05, 3.63) is 100.0 Å². The minimum Gasteiger partial charge on any atom is -0.384 e. The zero-order valence-corrected chi connectivity index (χ0v) is 16.3. The molecule has 2 aromatic heterocycles. The summed E-state index contributed by atoms with van der Waals surface area (Å²) in [7, 11) is 0. The number of nitrogens with zero attached hydrogens (tertiary/aromatic N) is 4. The number of hydrogen-bond acceptors (Lipinski definition) is 4. The molecule has 6 heteroatoms. The van der Waals surface area contributed by atoms with Crippen molar-refractivity contribution in [2.45, 2.75) is 13.8 Å². The fourth-order valence-corrected chi connectivity index (χ4v) is 3.21. The predicted octanol–water partition coefficient (Wildman–Crippen LogP) is 3.78. The molecule has 0 bridgehead atoms. The van der Waals surface area contributed by atoms with E-state index in [9.17, 15) is 4.79 Å². The molecule has 0 radical (unpaired) electrons. The summed E-state index contributed by atoms with van der Waals surface area (Å²) >= 11 is 0. The van der Waals surface area contributed by atoms with Crippen LogP contribution in [0, 0.1) is 13.8 Å². The Morgan fingerprint density at radius 2 is 1.72 bits per heavy atom. The minimum atomic E-state index is -0.272. The van der Waals surface area contributed by atoms with Gasteiger partial charge < -0.3 is 5.73 Å². The van der Waals surface area contributed by atoms with E-state index in [1.807, 2.05) is 79.3 Å². The summed E-state index contributed by atoms with van der Waals surface area (Å²) in [6.45, 7) is 3.87. The molecule has 4 rings (SSSR count). The Balaban J connectivity index is 1.84. The first-order chi connectivity index (χ1) is 14.0. The third-order valence-electron chi connectivity index (χ3n) is 4.64. The number of pyridine rings is 1. The SMILES string of the molecule is Cc1cc(N)n(N=Cc2cn(-c3ccccc3C)nc2-c2ccccc2)c(=O)c1. The Morgan fingerprint density at radius 1 is 1.00 bits per heavy atom. The summed E-state index contributed by atoms with van der Waals surface area (Å²) in [5.41, 5.74) is 11.1. The number of anilines is 1. The molecule has 0 saturated heterocycles. The second-order valence-electron chi connectivity index (χ2n) is 6.88. The van der Waals surface area contributed by atoms with E-state index in [0.717, 1.165) is 33.6 Å². The van der Waals surface area contributed by atoms with Crippen LogP contribution in [0.5, 0.6) is 0 Å². The molecule has 0 aliphatic carbocycles. The van der Waals surface area contributed by atoms with Gasteiger partial charge in [0.1, 0.15) is 11.5 Å².